The number of nitrogens with zero attached hydrogens (tertiary/aromatic N) is 3. The van der Waals surface area contributed by atoms with Crippen molar-refractivity contribution in [3.05, 3.63) is 68.4 Å². The van der Waals surface area contributed by atoms with Crippen LogP contribution in [0.15, 0.2) is 46.7 Å². The van der Waals surface area contributed by atoms with E-state index in [0.29, 0.717) is 37.3 Å². The third-order valence-corrected chi connectivity index (χ3v) is 5.93. The summed E-state index contributed by atoms with van der Waals surface area (Å²) in [6.45, 7) is 2.94. The minimum Gasteiger partial charge on any atom is -0.459 e. The Morgan fingerprint density at radius 3 is 2.76 bits per heavy atom. The molecule has 0 aliphatic carbocycles. The van der Waals surface area contributed by atoms with Crippen molar-refractivity contribution < 1.29 is 14.3 Å². The van der Waals surface area contributed by atoms with Gasteiger partial charge in [-0.1, -0.05) is 12.1 Å². The van der Waals surface area contributed by atoms with Gasteiger partial charge in [0.1, 0.15) is 12.3 Å². The number of likely N-dealkylation sites (tertiary alicyclic amines) is 1. The SMILES string of the molecule is Cc1ccc2nc(COC(=O)C3CCN(C(=O)c4cccs4)CC3)cc(=O)n2c1. The van der Waals surface area contributed by atoms with Gasteiger partial charge in [0.15, 0.2) is 0 Å². The smallest absolute Gasteiger partial charge is 0.309 e. The zero-order valence-electron chi connectivity index (χ0n) is 16.0. The van der Waals surface area contributed by atoms with Crippen molar-refractivity contribution in [3.8, 4) is 0 Å². The summed E-state index contributed by atoms with van der Waals surface area (Å²) in [4.78, 5) is 44.0. The number of aryl methyl sites for hydroxylation is 1. The van der Waals surface area contributed by atoms with Crippen LogP contribution in [-0.4, -0.2) is 39.3 Å². The number of rotatable bonds is 4. The Morgan fingerprint density at radius 1 is 1.24 bits per heavy atom. The standard InChI is InChI=1S/C21H21N3O4S/c1-14-4-5-18-22-16(11-19(25)24(18)12-14)13-28-21(27)15-6-8-23(9-7-15)20(26)17-3-2-10-29-17/h2-5,10-12,15H,6-9,13H2,1H3. The topological polar surface area (TPSA) is 81.0 Å². The number of ether oxygens (including phenoxy) is 1. The molecule has 1 fully saturated rings. The third-order valence-electron chi connectivity index (χ3n) is 5.07. The summed E-state index contributed by atoms with van der Waals surface area (Å²) in [5.41, 5.74) is 1.71. The number of thiophene rings is 1. The van der Waals surface area contributed by atoms with Crippen LogP contribution in [0, 0.1) is 12.8 Å². The van der Waals surface area contributed by atoms with Crippen molar-refractivity contribution in [2.75, 3.05) is 13.1 Å². The minimum absolute atomic E-state index is 0.0166. The van der Waals surface area contributed by atoms with Crippen LogP contribution >= 0.6 is 11.3 Å². The second kappa shape index (κ2) is 8.16. The van der Waals surface area contributed by atoms with E-state index >= 15 is 0 Å². The van der Waals surface area contributed by atoms with E-state index in [2.05, 4.69) is 4.98 Å². The first-order valence-corrected chi connectivity index (χ1v) is 10.4. The average molecular weight is 411 g/mol. The molecule has 150 valence electrons. The molecular formula is C21H21N3O4S. The average Bonchev–Trinajstić information content (AvgIpc) is 3.27. The van der Waals surface area contributed by atoms with Gasteiger partial charge < -0.3 is 9.64 Å². The van der Waals surface area contributed by atoms with E-state index in [9.17, 15) is 14.4 Å². The quantitative estimate of drug-likeness (QED) is 0.617. The maximum absolute atomic E-state index is 12.4. The van der Waals surface area contributed by atoms with Crippen molar-refractivity contribution in [3.63, 3.8) is 0 Å². The zero-order chi connectivity index (χ0) is 20.4. The Bertz CT molecular complexity index is 1100. The fourth-order valence-corrected chi connectivity index (χ4v) is 4.16. The highest BCUT2D eigenvalue weighted by Crippen LogP contribution is 2.22. The van der Waals surface area contributed by atoms with E-state index in [1.165, 1.54) is 21.8 Å². The van der Waals surface area contributed by atoms with Crippen LogP contribution in [-0.2, 0) is 16.1 Å². The van der Waals surface area contributed by atoms with E-state index in [1.54, 1.807) is 17.2 Å². The number of fused-ring (bicyclic) bond motifs is 1. The summed E-state index contributed by atoms with van der Waals surface area (Å²) in [5.74, 6) is -0.534. The van der Waals surface area contributed by atoms with Crippen molar-refractivity contribution in [2.45, 2.75) is 26.4 Å². The number of hydrogen-bond acceptors (Lipinski definition) is 6. The van der Waals surface area contributed by atoms with Crippen LogP contribution in [0.4, 0.5) is 0 Å². The molecule has 4 rings (SSSR count). The lowest BCUT2D eigenvalue weighted by Gasteiger charge is -2.30. The van der Waals surface area contributed by atoms with Crippen LogP contribution in [0.2, 0.25) is 0 Å². The number of aromatic nitrogens is 2. The molecular weight excluding hydrogens is 390 g/mol. The molecule has 1 aliphatic rings. The molecule has 3 aromatic heterocycles. The lowest BCUT2D eigenvalue weighted by atomic mass is 9.97. The molecule has 29 heavy (non-hydrogen) atoms. The van der Waals surface area contributed by atoms with Crippen molar-refractivity contribution >= 4 is 28.9 Å². The van der Waals surface area contributed by atoms with E-state index in [1.807, 2.05) is 30.5 Å². The number of hydrogen-bond donors (Lipinski definition) is 0. The predicted molar refractivity (Wildman–Crippen MR) is 109 cm³/mol. The van der Waals surface area contributed by atoms with E-state index in [0.717, 1.165) is 10.4 Å². The monoisotopic (exact) mass is 411 g/mol. The van der Waals surface area contributed by atoms with Gasteiger partial charge in [0.05, 0.1) is 16.5 Å². The summed E-state index contributed by atoms with van der Waals surface area (Å²) in [7, 11) is 0. The van der Waals surface area contributed by atoms with Gasteiger partial charge >= 0.3 is 5.97 Å². The molecule has 0 radical (unpaired) electrons. The Labute approximate surface area is 171 Å². The van der Waals surface area contributed by atoms with Gasteiger partial charge in [-0.05, 0) is 42.8 Å². The third kappa shape index (κ3) is 4.22. The Morgan fingerprint density at radius 2 is 2.03 bits per heavy atom. The number of carbonyl (C=O) groups is 2. The highest BCUT2D eigenvalue weighted by Gasteiger charge is 2.29. The van der Waals surface area contributed by atoms with E-state index < -0.39 is 0 Å². The summed E-state index contributed by atoms with van der Waals surface area (Å²) in [5, 5.41) is 1.88. The number of esters is 1. The van der Waals surface area contributed by atoms with Crippen molar-refractivity contribution in [2.24, 2.45) is 5.92 Å². The number of pyridine rings is 1. The molecule has 1 saturated heterocycles. The van der Waals surface area contributed by atoms with Gasteiger partial charge in [0.25, 0.3) is 11.5 Å². The van der Waals surface area contributed by atoms with Gasteiger partial charge in [-0.3, -0.25) is 18.8 Å². The largest absolute Gasteiger partial charge is 0.459 e. The first-order chi connectivity index (χ1) is 14.0. The maximum Gasteiger partial charge on any atom is 0.309 e. The molecule has 4 heterocycles. The number of piperidine rings is 1. The Kier molecular flexibility index (Phi) is 5.44. The highest BCUT2D eigenvalue weighted by atomic mass is 32.1. The molecule has 0 bridgehead atoms. The molecule has 7 nitrogen and oxygen atoms in total. The second-order valence-corrected chi connectivity index (χ2v) is 8.12. The summed E-state index contributed by atoms with van der Waals surface area (Å²) < 4.78 is 6.89. The molecule has 1 aliphatic heterocycles. The summed E-state index contributed by atoms with van der Waals surface area (Å²) in [6.07, 6.45) is 2.87. The first kappa shape index (κ1) is 19.3. The molecule has 0 unspecified atom stereocenters. The fourth-order valence-electron chi connectivity index (χ4n) is 3.47. The van der Waals surface area contributed by atoms with Crippen LogP contribution in [0.25, 0.3) is 5.65 Å². The molecule has 0 saturated carbocycles. The molecule has 8 heteroatoms. The van der Waals surface area contributed by atoms with Gasteiger partial charge in [0.2, 0.25) is 0 Å². The molecule has 0 aromatic carbocycles. The molecule has 3 aromatic rings. The lowest BCUT2D eigenvalue weighted by Crippen LogP contribution is -2.40. The molecule has 0 N–H and O–H groups in total. The van der Waals surface area contributed by atoms with Crippen LogP contribution < -0.4 is 5.56 Å². The van der Waals surface area contributed by atoms with Gasteiger partial charge in [-0.15, -0.1) is 11.3 Å². The maximum atomic E-state index is 12.4. The van der Waals surface area contributed by atoms with Gasteiger partial charge in [0, 0.05) is 25.4 Å². The first-order valence-electron chi connectivity index (χ1n) is 9.49. The fraction of sp³-hybridized carbons (Fsp3) is 0.333. The zero-order valence-corrected chi connectivity index (χ0v) is 16.9. The Hall–Kier alpha value is -3.00. The normalized spacial score (nSPS) is 14.9. The van der Waals surface area contributed by atoms with Gasteiger partial charge in [-0.25, -0.2) is 4.98 Å². The molecule has 1 amide bonds. The van der Waals surface area contributed by atoms with Crippen LogP contribution in [0.5, 0.6) is 0 Å². The molecule has 0 spiro atoms. The minimum atomic E-state index is -0.306. The van der Waals surface area contributed by atoms with Crippen LogP contribution in [0.1, 0.15) is 33.8 Å². The van der Waals surface area contributed by atoms with Crippen molar-refractivity contribution in [1.82, 2.24) is 14.3 Å². The molecule has 0 atom stereocenters. The lowest BCUT2D eigenvalue weighted by molar-refractivity contribution is -0.151. The Balaban J connectivity index is 1.34. The second-order valence-electron chi connectivity index (χ2n) is 7.17. The summed E-state index contributed by atoms with van der Waals surface area (Å²) in [6, 6.07) is 8.71. The number of amides is 1. The predicted octanol–water partition coefficient (Wildman–Crippen LogP) is 2.66. The highest BCUT2D eigenvalue weighted by molar-refractivity contribution is 7.12. The van der Waals surface area contributed by atoms with E-state index in [-0.39, 0.29) is 30.0 Å². The van der Waals surface area contributed by atoms with E-state index in [4.69, 9.17) is 4.74 Å². The van der Waals surface area contributed by atoms with Crippen molar-refractivity contribution in [1.29, 1.82) is 0 Å². The van der Waals surface area contributed by atoms with Crippen LogP contribution in [0.3, 0.4) is 0 Å². The number of carbonyl (C=O) groups excluding carboxylic acids is 2. The van der Waals surface area contributed by atoms with Gasteiger partial charge in [-0.2, -0.15) is 0 Å². The summed E-state index contributed by atoms with van der Waals surface area (Å²) >= 11 is 1.42.